The van der Waals surface area contributed by atoms with Crippen molar-refractivity contribution in [2.24, 2.45) is 5.73 Å². The van der Waals surface area contributed by atoms with E-state index in [9.17, 15) is 4.79 Å². The molecule has 3 heteroatoms. The molecule has 1 aromatic rings. The molecule has 0 bridgehead atoms. The second kappa shape index (κ2) is 3.34. The summed E-state index contributed by atoms with van der Waals surface area (Å²) in [6.45, 7) is 4.09. The Kier molecular flexibility index (Phi) is 2.43. The molecule has 0 saturated heterocycles. The van der Waals surface area contributed by atoms with Gasteiger partial charge in [0.15, 0.2) is 18.4 Å². The molecule has 0 radical (unpaired) electrons. The van der Waals surface area contributed by atoms with Gasteiger partial charge in [-0.1, -0.05) is 0 Å². The van der Waals surface area contributed by atoms with Gasteiger partial charge in [0, 0.05) is 6.07 Å². The van der Waals surface area contributed by atoms with E-state index in [1.807, 2.05) is 30.7 Å². The van der Waals surface area contributed by atoms with E-state index >= 15 is 0 Å². The summed E-state index contributed by atoms with van der Waals surface area (Å²) < 4.78 is 1.94. The van der Waals surface area contributed by atoms with Crippen molar-refractivity contribution in [1.29, 1.82) is 0 Å². The van der Waals surface area contributed by atoms with Crippen molar-refractivity contribution in [1.82, 2.24) is 0 Å². The maximum absolute atomic E-state index is 10.8. The van der Waals surface area contributed by atoms with Gasteiger partial charge in [-0.2, -0.15) is 0 Å². The van der Waals surface area contributed by atoms with Crippen LogP contribution in [0.1, 0.15) is 30.2 Å². The number of nitrogens with zero attached hydrogens (tertiary/aromatic N) is 1. The van der Waals surface area contributed by atoms with Gasteiger partial charge in [0.05, 0.1) is 0 Å². The van der Waals surface area contributed by atoms with Gasteiger partial charge < -0.3 is 5.73 Å². The van der Waals surface area contributed by atoms with Gasteiger partial charge in [-0.05, 0) is 19.9 Å². The predicted octanol–water partition coefficient (Wildman–Crippen LogP) is 0.654. The lowest BCUT2D eigenvalue weighted by molar-refractivity contribution is -0.716. The molecule has 0 fully saturated rings. The van der Waals surface area contributed by atoms with Crippen molar-refractivity contribution in [2.45, 2.75) is 19.9 Å². The zero-order valence-electron chi connectivity index (χ0n) is 7.32. The third-order valence-electron chi connectivity index (χ3n) is 1.70. The van der Waals surface area contributed by atoms with Crippen LogP contribution in [0.15, 0.2) is 24.5 Å². The van der Waals surface area contributed by atoms with Crippen LogP contribution in [0.5, 0.6) is 0 Å². The summed E-state index contributed by atoms with van der Waals surface area (Å²) in [5.74, 6) is -0.384. The topological polar surface area (TPSA) is 47.0 Å². The fourth-order valence-electron chi connectivity index (χ4n) is 0.960. The van der Waals surface area contributed by atoms with Crippen molar-refractivity contribution < 1.29 is 9.36 Å². The molecule has 1 aromatic heterocycles. The number of pyridine rings is 1. The van der Waals surface area contributed by atoms with Crippen LogP contribution in [-0.2, 0) is 0 Å². The molecule has 0 aliphatic rings. The molecule has 0 aliphatic carbocycles. The van der Waals surface area contributed by atoms with Gasteiger partial charge in [0.2, 0.25) is 0 Å². The highest BCUT2D eigenvalue weighted by Crippen LogP contribution is 1.96. The summed E-state index contributed by atoms with van der Waals surface area (Å²) in [5, 5.41) is 0. The van der Waals surface area contributed by atoms with Crippen LogP contribution in [0.3, 0.4) is 0 Å². The number of rotatable bonds is 2. The number of aromatic nitrogens is 1. The van der Waals surface area contributed by atoms with Gasteiger partial charge in [-0.15, -0.1) is 0 Å². The molecule has 2 N–H and O–H groups in total. The summed E-state index contributed by atoms with van der Waals surface area (Å²) in [7, 11) is 0. The van der Waals surface area contributed by atoms with Crippen LogP contribution in [0.2, 0.25) is 0 Å². The fourth-order valence-corrected chi connectivity index (χ4v) is 0.960. The number of nitrogens with two attached hydrogens (primary N) is 1. The minimum atomic E-state index is -0.384. The largest absolute Gasteiger partial charge is 0.365 e. The molecule has 0 aliphatic heterocycles. The van der Waals surface area contributed by atoms with Crippen molar-refractivity contribution in [3.63, 3.8) is 0 Å². The average Bonchev–Trinajstić information content (AvgIpc) is 2.04. The molecular formula is C9H13N2O+. The number of amides is 1. The van der Waals surface area contributed by atoms with Crippen LogP contribution >= 0.6 is 0 Å². The van der Waals surface area contributed by atoms with E-state index in [4.69, 9.17) is 5.73 Å². The monoisotopic (exact) mass is 165 g/mol. The Morgan fingerprint density at radius 2 is 2.25 bits per heavy atom. The Morgan fingerprint density at radius 3 is 2.75 bits per heavy atom. The van der Waals surface area contributed by atoms with E-state index < -0.39 is 0 Å². The molecule has 0 spiro atoms. The van der Waals surface area contributed by atoms with E-state index in [2.05, 4.69) is 0 Å². The quantitative estimate of drug-likeness (QED) is 0.643. The SMILES string of the molecule is CC(C)[n+]1cccc(C(N)=O)c1. The number of carbonyl (C=O) groups excluding carboxylic acids is 1. The highest BCUT2D eigenvalue weighted by molar-refractivity contribution is 5.92. The second-order valence-electron chi connectivity index (χ2n) is 3.00. The summed E-state index contributed by atoms with van der Waals surface area (Å²) in [5.41, 5.74) is 5.68. The molecular weight excluding hydrogens is 152 g/mol. The van der Waals surface area contributed by atoms with Gasteiger partial charge in [-0.3, -0.25) is 4.79 Å². The van der Waals surface area contributed by atoms with Crippen molar-refractivity contribution in [3.05, 3.63) is 30.1 Å². The second-order valence-corrected chi connectivity index (χ2v) is 3.00. The summed E-state index contributed by atoms with van der Waals surface area (Å²) in [6, 6.07) is 3.88. The van der Waals surface area contributed by atoms with Crippen molar-refractivity contribution in [3.8, 4) is 0 Å². The Labute approximate surface area is 71.8 Å². The number of primary amides is 1. The van der Waals surface area contributed by atoms with Crippen molar-refractivity contribution >= 4 is 5.91 Å². The van der Waals surface area contributed by atoms with Gasteiger partial charge in [0.1, 0.15) is 5.56 Å². The van der Waals surface area contributed by atoms with Gasteiger partial charge >= 0.3 is 0 Å². The number of hydrogen-bond donors (Lipinski definition) is 1. The van der Waals surface area contributed by atoms with Crippen LogP contribution in [0, 0.1) is 0 Å². The van der Waals surface area contributed by atoms with Gasteiger partial charge in [0.25, 0.3) is 5.91 Å². The van der Waals surface area contributed by atoms with E-state index in [0.717, 1.165) is 0 Å². The third-order valence-corrected chi connectivity index (χ3v) is 1.70. The molecule has 1 rings (SSSR count). The predicted molar refractivity (Wildman–Crippen MR) is 45.5 cm³/mol. The molecule has 0 aromatic carbocycles. The van der Waals surface area contributed by atoms with E-state index in [1.54, 1.807) is 12.3 Å². The first-order valence-corrected chi connectivity index (χ1v) is 3.92. The number of carbonyl (C=O) groups is 1. The maximum Gasteiger partial charge on any atom is 0.254 e. The molecule has 0 unspecified atom stereocenters. The van der Waals surface area contributed by atoms with Crippen molar-refractivity contribution in [2.75, 3.05) is 0 Å². The highest BCUT2D eigenvalue weighted by atomic mass is 16.1. The maximum atomic E-state index is 10.8. The Morgan fingerprint density at radius 1 is 1.58 bits per heavy atom. The normalized spacial score (nSPS) is 10.2. The lowest BCUT2D eigenvalue weighted by atomic mass is 10.2. The minimum Gasteiger partial charge on any atom is -0.365 e. The number of hydrogen-bond acceptors (Lipinski definition) is 1. The fraction of sp³-hybridized carbons (Fsp3) is 0.333. The lowest BCUT2D eigenvalue weighted by Crippen LogP contribution is -2.36. The van der Waals surface area contributed by atoms with Crippen LogP contribution in [-0.4, -0.2) is 5.91 Å². The van der Waals surface area contributed by atoms with Crippen LogP contribution < -0.4 is 10.3 Å². The molecule has 1 amide bonds. The Hall–Kier alpha value is -1.38. The molecule has 0 saturated carbocycles. The summed E-state index contributed by atoms with van der Waals surface area (Å²) >= 11 is 0. The Bertz CT molecular complexity index is 294. The van der Waals surface area contributed by atoms with E-state index in [0.29, 0.717) is 11.6 Å². The summed E-state index contributed by atoms with van der Waals surface area (Å²) in [6.07, 6.45) is 3.67. The first-order valence-electron chi connectivity index (χ1n) is 3.92. The first-order chi connectivity index (χ1) is 5.61. The standard InChI is InChI=1S/C9H12N2O/c1-7(2)11-5-3-4-8(6-11)9(10)12/h3-7H,1-2H3,(H-,10,12)/p+1. The Balaban J connectivity index is 3.04. The molecule has 64 valence electrons. The third kappa shape index (κ3) is 1.81. The van der Waals surface area contributed by atoms with Gasteiger partial charge in [-0.25, -0.2) is 4.57 Å². The van der Waals surface area contributed by atoms with E-state index in [1.165, 1.54) is 0 Å². The summed E-state index contributed by atoms with van der Waals surface area (Å²) in [4.78, 5) is 10.8. The van der Waals surface area contributed by atoms with Crippen LogP contribution in [0.4, 0.5) is 0 Å². The first kappa shape index (κ1) is 8.71. The molecule has 12 heavy (non-hydrogen) atoms. The average molecular weight is 165 g/mol. The zero-order valence-corrected chi connectivity index (χ0v) is 7.32. The molecule has 1 heterocycles. The molecule has 3 nitrogen and oxygen atoms in total. The minimum absolute atomic E-state index is 0.351. The smallest absolute Gasteiger partial charge is 0.254 e. The molecule has 0 atom stereocenters. The van der Waals surface area contributed by atoms with Crippen LogP contribution in [0.25, 0.3) is 0 Å². The van der Waals surface area contributed by atoms with E-state index in [-0.39, 0.29) is 5.91 Å². The highest BCUT2D eigenvalue weighted by Gasteiger charge is 2.08. The lowest BCUT2D eigenvalue weighted by Gasteiger charge is -1.99. The zero-order chi connectivity index (χ0) is 9.14.